The highest BCUT2D eigenvalue weighted by Gasteiger charge is 2.15. The Labute approximate surface area is 84.9 Å². The second-order valence-electron chi connectivity index (χ2n) is 3.13. The zero-order valence-electron chi connectivity index (χ0n) is 7.68. The number of phenols is 1. The number of hydrogen-bond donors (Lipinski definition) is 2. The molecule has 0 aliphatic carbocycles. The summed E-state index contributed by atoms with van der Waals surface area (Å²) in [5, 5.41) is 20.9. The first kappa shape index (κ1) is 9.26. The largest absolute Gasteiger partial charge is 0.507 e. The Morgan fingerprint density at radius 2 is 2.00 bits per heavy atom. The molecule has 5 heteroatoms. The molecule has 2 rings (SSSR count). The van der Waals surface area contributed by atoms with Gasteiger partial charge in [0.1, 0.15) is 5.75 Å². The minimum atomic E-state index is -0.499. The van der Waals surface area contributed by atoms with Gasteiger partial charge in [-0.2, -0.15) is 0 Å². The number of anilines is 1. The van der Waals surface area contributed by atoms with Crippen molar-refractivity contribution < 1.29 is 10.0 Å². The van der Waals surface area contributed by atoms with Crippen LogP contribution in [0.3, 0.4) is 0 Å². The van der Waals surface area contributed by atoms with Crippen molar-refractivity contribution in [3.05, 3.63) is 40.4 Å². The third kappa shape index (κ3) is 1.34. The Hall–Kier alpha value is -2.30. The zero-order valence-corrected chi connectivity index (χ0v) is 7.68. The van der Waals surface area contributed by atoms with E-state index >= 15 is 0 Å². The zero-order chi connectivity index (χ0) is 11.0. The maximum atomic E-state index is 10.7. The highest BCUT2D eigenvalue weighted by molar-refractivity contribution is 6.02. The van der Waals surface area contributed by atoms with E-state index < -0.39 is 4.92 Å². The van der Waals surface area contributed by atoms with Crippen LogP contribution in [0.2, 0.25) is 0 Å². The van der Waals surface area contributed by atoms with Crippen molar-refractivity contribution in [2.24, 2.45) is 0 Å². The highest BCUT2D eigenvalue weighted by atomic mass is 16.6. The number of hydrogen-bond acceptors (Lipinski definition) is 4. The standard InChI is InChI=1S/C10H8N2O3/c11-7-3-1-2-6-8(12(14)15)4-5-9(13)10(6)7/h1-5,13H,11H2. The van der Waals surface area contributed by atoms with Crippen molar-refractivity contribution in [2.45, 2.75) is 0 Å². The van der Waals surface area contributed by atoms with E-state index in [2.05, 4.69) is 0 Å². The quantitative estimate of drug-likeness (QED) is 0.422. The van der Waals surface area contributed by atoms with Crippen molar-refractivity contribution in [2.75, 3.05) is 5.73 Å². The van der Waals surface area contributed by atoms with Gasteiger partial charge in [-0.05, 0) is 18.2 Å². The van der Waals surface area contributed by atoms with Crippen LogP contribution in [0, 0.1) is 10.1 Å². The van der Waals surface area contributed by atoms with Crippen LogP contribution in [0.1, 0.15) is 0 Å². The fourth-order valence-electron chi connectivity index (χ4n) is 1.56. The van der Waals surface area contributed by atoms with Gasteiger partial charge in [0.2, 0.25) is 0 Å². The summed E-state index contributed by atoms with van der Waals surface area (Å²) in [6.45, 7) is 0. The van der Waals surface area contributed by atoms with Crippen molar-refractivity contribution in [1.82, 2.24) is 0 Å². The predicted molar refractivity (Wildman–Crippen MR) is 56.7 cm³/mol. The summed E-state index contributed by atoms with van der Waals surface area (Å²) >= 11 is 0. The van der Waals surface area contributed by atoms with E-state index in [1.165, 1.54) is 12.1 Å². The van der Waals surface area contributed by atoms with Crippen LogP contribution in [0.5, 0.6) is 5.75 Å². The molecule has 0 atom stereocenters. The molecule has 0 fully saturated rings. The number of fused-ring (bicyclic) bond motifs is 1. The van der Waals surface area contributed by atoms with Crippen LogP contribution in [0.15, 0.2) is 30.3 Å². The number of nitrogens with two attached hydrogens (primary N) is 1. The van der Waals surface area contributed by atoms with E-state index in [-0.39, 0.29) is 11.4 Å². The maximum absolute atomic E-state index is 10.7. The van der Waals surface area contributed by atoms with Crippen molar-refractivity contribution in [3.63, 3.8) is 0 Å². The van der Waals surface area contributed by atoms with Gasteiger partial charge in [0, 0.05) is 11.8 Å². The lowest BCUT2D eigenvalue weighted by molar-refractivity contribution is -0.383. The minimum Gasteiger partial charge on any atom is -0.507 e. The molecule has 0 saturated heterocycles. The molecule has 15 heavy (non-hydrogen) atoms. The Morgan fingerprint density at radius 1 is 1.27 bits per heavy atom. The first-order valence-corrected chi connectivity index (χ1v) is 4.26. The fraction of sp³-hybridized carbons (Fsp3) is 0. The molecule has 0 amide bonds. The van der Waals surface area contributed by atoms with Gasteiger partial charge in [0.25, 0.3) is 5.69 Å². The van der Waals surface area contributed by atoms with Gasteiger partial charge in [-0.15, -0.1) is 0 Å². The van der Waals surface area contributed by atoms with Crippen LogP contribution >= 0.6 is 0 Å². The molecule has 0 aliphatic rings. The molecule has 0 radical (unpaired) electrons. The molecule has 2 aromatic carbocycles. The Morgan fingerprint density at radius 3 is 2.67 bits per heavy atom. The van der Waals surface area contributed by atoms with Crippen molar-refractivity contribution >= 4 is 22.1 Å². The molecule has 0 heterocycles. The van der Waals surface area contributed by atoms with Gasteiger partial charge in [-0.1, -0.05) is 6.07 Å². The topological polar surface area (TPSA) is 89.4 Å². The molecule has 0 aromatic heterocycles. The van der Waals surface area contributed by atoms with Gasteiger partial charge in [-0.25, -0.2) is 0 Å². The fourth-order valence-corrected chi connectivity index (χ4v) is 1.56. The second-order valence-corrected chi connectivity index (χ2v) is 3.13. The lowest BCUT2D eigenvalue weighted by Gasteiger charge is -2.04. The molecule has 76 valence electrons. The number of rotatable bonds is 1. The second kappa shape index (κ2) is 3.13. The summed E-state index contributed by atoms with van der Waals surface area (Å²) in [6.07, 6.45) is 0. The molecule has 0 unspecified atom stereocenters. The lowest BCUT2D eigenvalue weighted by atomic mass is 10.1. The number of benzene rings is 2. The average Bonchev–Trinajstić information content (AvgIpc) is 2.17. The summed E-state index contributed by atoms with van der Waals surface area (Å²) in [5.41, 5.74) is 5.91. The van der Waals surface area contributed by atoms with Crippen LogP contribution in [0.25, 0.3) is 10.8 Å². The van der Waals surface area contributed by atoms with Gasteiger partial charge < -0.3 is 10.8 Å². The summed E-state index contributed by atoms with van der Waals surface area (Å²) in [6, 6.07) is 7.30. The first-order chi connectivity index (χ1) is 7.11. The molecular formula is C10H8N2O3. The molecule has 5 nitrogen and oxygen atoms in total. The highest BCUT2D eigenvalue weighted by Crippen LogP contribution is 2.35. The average molecular weight is 204 g/mol. The van der Waals surface area contributed by atoms with E-state index in [4.69, 9.17) is 5.73 Å². The van der Waals surface area contributed by atoms with E-state index in [9.17, 15) is 15.2 Å². The summed E-state index contributed by atoms with van der Waals surface area (Å²) < 4.78 is 0. The number of nitrogens with zero attached hydrogens (tertiary/aromatic N) is 1. The van der Waals surface area contributed by atoms with E-state index in [0.29, 0.717) is 16.5 Å². The smallest absolute Gasteiger partial charge is 0.277 e. The Bertz CT molecular complexity index is 543. The molecule has 0 spiro atoms. The molecule has 3 N–H and O–H groups in total. The van der Waals surface area contributed by atoms with Gasteiger partial charge in [-0.3, -0.25) is 10.1 Å². The Balaban J connectivity index is 2.95. The van der Waals surface area contributed by atoms with Crippen LogP contribution < -0.4 is 5.73 Å². The van der Waals surface area contributed by atoms with E-state index in [0.717, 1.165) is 0 Å². The third-order valence-corrected chi connectivity index (χ3v) is 2.22. The van der Waals surface area contributed by atoms with E-state index in [1.807, 2.05) is 0 Å². The molecule has 0 saturated carbocycles. The summed E-state index contributed by atoms with van der Waals surface area (Å²) in [7, 11) is 0. The number of phenolic OH excluding ortho intramolecular Hbond substituents is 1. The van der Waals surface area contributed by atoms with Gasteiger partial charge in [0.15, 0.2) is 0 Å². The monoisotopic (exact) mass is 204 g/mol. The Kier molecular flexibility index (Phi) is 1.93. The van der Waals surface area contributed by atoms with Crippen LogP contribution in [-0.2, 0) is 0 Å². The van der Waals surface area contributed by atoms with Crippen LogP contribution in [-0.4, -0.2) is 10.0 Å². The van der Waals surface area contributed by atoms with Gasteiger partial charge in [0.05, 0.1) is 15.7 Å². The summed E-state index contributed by atoms with van der Waals surface area (Å²) in [5.74, 6) is -0.0475. The number of aromatic hydroxyl groups is 1. The first-order valence-electron chi connectivity index (χ1n) is 4.26. The van der Waals surface area contributed by atoms with E-state index in [1.54, 1.807) is 18.2 Å². The predicted octanol–water partition coefficient (Wildman–Crippen LogP) is 2.04. The maximum Gasteiger partial charge on any atom is 0.277 e. The number of nitro groups is 1. The number of nitrogen functional groups attached to an aromatic ring is 1. The lowest BCUT2D eigenvalue weighted by Crippen LogP contribution is -1.92. The van der Waals surface area contributed by atoms with Gasteiger partial charge >= 0.3 is 0 Å². The van der Waals surface area contributed by atoms with Crippen molar-refractivity contribution in [1.29, 1.82) is 0 Å². The van der Waals surface area contributed by atoms with Crippen LogP contribution in [0.4, 0.5) is 11.4 Å². The third-order valence-electron chi connectivity index (χ3n) is 2.22. The minimum absolute atomic E-state index is 0.0475. The molecule has 2 aromatic rings. The normalized spacial score (nSPS) is 10.4. The SMILES string of the molecule is Nc1cccc2c([N+](=O)[O-])ccc(O)c12. The number of non-ortho nitro benzene ring substituents is 1. The van der Waals surface area contributed by atoms with Crippen molar-refractivity contribution in [3.8, 4) is 5.75 Å². The molecule has 0 aliphatic heterocycles. The summed E-state index contributed by atoms with van der Waals surface area (Å²) in [4.78, 5) is 10.2. The molecule has 0 bridgehead atoms. The molecular weight excluding hydrogens is 196 g/mol. The number of nitro benzene ring substituents is 1.